The van der Waals surface area contributed by atoms with Gasteiger partial charge in [-0.15, -0.1) is 0 Å². The Morgan fingerprint density at radius 2 is 1.84 bits per heavy atom. The van der Waals surface area contributed by atoms with Crippen LogP contribution in [0.25, 0.3) is 5.69 Å². The number of nitro groups is 1. The molecular weight excluding hydrogens is 320 g/mol. The average Bonchev–Trinajstić information content (AvgIpc) is 2.90. The van der Waals surface area contributed by atoms with Crippen LogP contribution in [0, 0.1) is 24.0 Å². The molecule has 2 aromatic carbocycles. The van der Waals surface area contributed by atoms with Crippen LogP contribution in [0.4, 0.5) is 11.4 Å². The van der Waals surface area contributed by atoms with Crippen molar-refractivity contribution in [3.05, 3.63) is 81.7 Å². The van der Waals surface area contributed by atoms with Crippen LogP contribution in [-0.2, 0) is 0 Å². The van der Waals surface area contributed by atoms with Crippen molar-refractivity contribution >= 4 is 17.3 Å². The number of amides is 1. The molecule has 0 unspecified atom stereocenters. The number of para-hydroxylation sites is 1. The van der Waals surface area contributed by atoms with Gasteiger partial charge in [0.05, 0.1) is 27.7 Å². The minimum atomic E-state index is -0.527. The number of nitrogens with one attached hydrogen (secondary N) is 1. The first-order valence-electron chi connectivity index (χ1n) is 7.65. The van der Waals surface area contributed by atoms with Crippen LogP contribution >= 0.6 is 0 Å². The van der Waals surface area contributed by atoms with E-state index >= 15 is 0 Å². The van der Waals surface area contributed by atoms with Gasteiger partial charge in [-0.2, -0.15) is 5.10 Å². The molecule has 126 valence electrons. The van der Waals surface area contributed by atoms with Crippen molar-refractivity contribution < 1.29 is 9.72 Å². The van der Waals surface area contributed by atoms with Crippen molar-refractivity contribution in [2.24, 2.45) is 0 Å². The zero-order valence-corrected chi connectivity index (χ0v) is 13.8. The summed E-state index contributed by atoms with van der Waals surface area (Å²) in [6, 6.07) is 15.2. The van der Waals surface area contributed by atoms with Gasteiger partial charge in [0.2, 0.25) is 0 Å². The highest BCUT2D eigenvalue weighted by molar-refractivity contribution is 6.05. The fraction of sp³-hybridized carbons (Fsp3) is 0.111. The fourth-order valence-electron chi connectivity index (χ4n) is 2.59. The first-order chi connectivity index (χ1) is 12.0. The largest absolute Gasteiger partial charge is 0.319 e. The summed E-state index contributed by atoms with van der Waals surface area (Å²) >= 11 is 0. The van der Waals surface area contributed by atoms with E-state index in [0.717, 1.165) is 11.4 Å². The molecular formula is C18H16N4O3. The van der Waals surface area contributed by atoms with Crippen molar-refractivity contribution in [1.29, 1.82) is 0 Å². The lowest BCUT2D eigenvalue weighted by molar-refractivity contribution is -0.384. The van der Waals surface area contributed by atoms with Crippen molar-refractivity contribution in [2.45, 2.75) is 13.8 Å². The number of benzene rings is 2. The predicted octanol–water partition coefficient (Wildman–Crippen LogP) is 3.65. The molecule has 3 aromatic rings. The lowest BCUT2D eigenvalue weighted by Crippen LogP contribution is -2.13. The molecule has 0 radical (unpaired) electrons. The van der Waals surface area contributed by atoms with Gasteiger partial charge < -0.3 is 5.32 Å². The number of nitro benzene ring substituents is 1. The Bertz CT molecular complexity index is 948. The van der Waals surface area contributed by atoms with Gasteiger partial charge in [-0.3, -0.25) is 14.9 Å². The molecule has 0 aliphatic heterocycles. The normalized spacial score (nSPS) is 10.5. The number of hydrogen-bond acceptors (Lipinski definition) is 4. The molecule has 0 spiro atoms. The quantitative estimate of drug-likeness (QED) is 0.581. The van der Waals surface area contributed by atoms with Crippen LogP contribution in [0.2, 0.25) is 0 Å². The Balaban J connectivity index is 1.91. The molecule has 0 aliphatic rings. The first-order valence-corrected chi connectivity index (χ1v) is 7.65. The van der Waals surface area contributed by atoms with E-state index in [1.807, 2.05) is 37.3 Å². The monoisotopic (exact) mass is 336 g/mol. The molecule has 25 heavy (non-hydrogen) atoms. The van der Waals surface area contributed by atoms with Crippen LogP contribution in [0.5, 0.6) is 0 Å². The minimum absolute atomic E-state index is 0.124. The molecule has 0 atom stereocenters. The van der Waals surface area contributed by atoms with E-state index in [0.29, 0.717) is 11.4 Å². The lowest BCUT2D eigenvalue weighted by Gasteiger charge is -2.07. The summed E-state index contributed by atoms with van der Waals surface area (Å²) in [5, 5.41) is 18.1. The standard InChI is InChI=1S/C18H16N4O3/c1-12-17(13(2)21(20-12)15-8-4-3-5-9-15)19-18(23)14-7-6-10-16(11-14)22(24)25/h3-11H,1-2H3,(H,19,23). The van der Waals surface area contributed by atoms with Crippen LogP contribution in [0.1, 0.15) is 21.7 Å². The van der Waals surface area contributed by atoms with Crippen molar-refractivity contribution in [2.75, 3.05) is 5.32 Å². The summed E-state index contributed by atoms with van der Waals surface area (Å²) in [5.74, 6) is -0.414. The summed E-state index contributed by atoms with van der Waals surface area (Å²) in [4.78, 5) is 22.8. The highest BCUT2D eigenvalue weighted by Crippen LogP contribution is 2.24. The molecule has 1 aromatic heterocycles. The molecule has 0 fully saturated rings. The van der Waals surface area contributed by atoms with E-state index in [1.165, 1.54) is 24.3 Å². The summed E-state index contributed by atoms with van der Waals surface area (Å²) in [7, 11) is 0. The zero-order chi connectivity index (χ0) is 18.0. The molecule has 1 N–H and O–H groups in total. The molecule has 0 saturated carbocycles. The van der Waals surface area contributed by atoms with E-state index in [1.54, 1.807) is 11.6 Å². The van der Waals surface area contributed by atoms with E-state index in [4.69, 9.17) is 0 Å². The van der Waals surface area contributed by atoms with Crippen LogP contribution in [0.15, 0.2) is 54.6 Å². The highest BCUT2D eigenvalue weighted by atomic mass is 16.6. The van der Waals surface area contributed by atoms with Crippen LogP contribution < -0.4 is 5.32 Å². The SMILES string of the molecule is Cc1nn(-c2ccccc2)c(C)c1NC(=O)c1cccc([N+](=O)[O-])c1. The Morgan fingerprint density at radius 3 is 2.52 bits per heavy atom. The Morgan fingerprint density at radius 1 is 1.12 bits per heavy atom. The molecule has 7 heteroatoms. The van der Waals surface area contributed by atoms with Gasteiger partial charge in [-0.1, -0.05) is 24.3 Å². The third-order valence-electron chi connectivity index (χ3n) is 3.85. The van der Waals surface area contributed by atoms with Crippen LogP contribution in [0.3, 0.4) is 0 Å². The fourth-order valence-corrected chi connectivity index (χ4v) is 2.59. The third kappa shape index (κ3) is 3.25. The topological polar surface area (TPSA) is 90.1 Å². The summed E-state index contributed by atoms with van der Waals surface area (Å²) in [6.45, 7) is 3.66. The molecule has 0 bridgehead atoms. The molecule has 1 heterocycles. The maximum atomic E-state index is 12.5. The van der Waals surface area contributed by atoms with Crippen LogP contribution in [-0.4, -0.2) is 20.6 Å². The van der Waals surface area contributed by atoms with Gasteiger partial charge in [-0.05, 0) is 32.0 Å². The maximum absolute atomic E-state index is 12.5. The van der Waals surface area contributed by atoms with Crippen molar-refractivity contribution in [3.8, 4) is 5.69 Å². The Kier molecular flexibility index (Phi) is 4.30. The Hall–Kier alpha value is -3.48. The second-order valence-electron chi connectivity index (χ2n) is 5.55. The van der Waals surface area contributed by atoms with Crippen molar-refractivity contribution in [3.63, 3.8) is 0 Å². The number of aromatic nitrogens is 2. The lowest BCUT2D eigenvalue weighted by atomic mass is 10.2. The van der Waals surface area contributed by atoms with Crippen molar-refractivity contribution in [1.82, 2.24) is 9.78 Å². The number of non-ortho nitro benzene ring substituents is 1. The smallest absolute Gasteiger partial charge is 0.270 e. The molecule has 0 saturated heterocycles. The highest BCUT2D eigenvalue weighted by Gasteiger charge is 2.17. The molecule has 1 amide bonds. The number of nitrogens with zero attached hydrogens (tertiary/aromatic N) is 3. The van der Waals surface area contributed by atoms with Gasteiger partial charge in [-0.25, -0.2) is 4.68 Å². The minimum Gasteiger partial charge on any atom is -0.319 e. The predicted molar refractivity (Wildman–Crippen MR) is 94.1 cm³/mol. The second-order valence-corrected chi connectivity index (χ2v) is 5.55. The van der Waals surface area contributed by atoms with E-state index < -0.39 is 10.8 Å². The number of carbonyl (C=O) groups excluding carboxylic acids is 1. The number of hydrogen-bond donors (Lipinski definition) is 1. The molecule has 7 nitrogen and oxygen atoms in total. The number of aryl methyl sites for hydroxylation is 1. The molecule has 3 rings (SSSR count). The summed E-state index contributed by atoms with van der Waals surface area (Å²) in [6.07, 6.45) is 0. The first kappa shape index (κ1) is 16.4. The third-order valence-corrected chi connectivity index (χ3v) is 3.85. The van der Waals surface area contributed by atoms with Gasteiger partial charge in [0.15, 0.2) is 0 Å². The second kappa shape index (κ2) is 6.56. The zero-order valence-electron chi connectivity index (χ0n) is 13.8. The van der Waals surface area contributed by atoms with E-state index in [-0.39, 0.29) is 11.3 Å². The number of rotatable bonds is 4. The number of anilines is 1. The van der Waals surface area contributed by atoms with Gasteiger partial charge >= 0.3 is 0 Å². The number of carbonyl (C=O) groups is 1. The molecule has 0 aliphatic carbocycles. The maximum Gasteiger partial charge on any atom is 0.270 e. The van der Waals surface area contributed by atoms with Gasteiger partial charge in [0.1, 0.15) is 0 Å². The van der Waals surface area contributed by atoms with E-state index in [2.05, 4.69) is 10.4 Å². The average molecular weight is 336 g/mol. The van der Waals surface area contributed by atoms with E-state index in [9.17, 15) is 14.9 Å². The summed E-state index contributed by atoms with van der Waals surface area (Å²) < 4.78 is 1.75. The van der Waals surface area contributed by atoms with Gasteiger partial charge in [0, 0.05) is 17.7 Å². The summed E-state index contributed by atoms with van der Waals surface area (Å²) in [5.41, 5.74) is 3.03. The van der Waals surface area contributed by atoms with Gasteiger partial charge in [0.25, 0.3) is 11.6 Å². The Labute approximate surface area is 144 Å².